The summed E-state index contributed by atoms with van der Waals surface area (Å²) >= 11 is 0. The molecule has 0 fully saturated rings. The highest BCUT2D eigenvalue weighted by Gasteiger charge is 2.22. The molecular weight excluding hydrogens is 462 g/mol. The van der Waals surface area contributed by atoms with Crippen LogP contribution in [-0.4, -0.2) is 49.2 Å². The van der Waals surface area contributed by atoms with Gasteiger partial charge in [0.15, 0.2) is 0 Å². The number of aliphatic carboxylic acids is 1. The Bertz CT molecular complexity index is 706. The number of carboxylic acids is 1. The van der Waals surface area contributed by atoms with Crippen molar-refractivity contribution in [2.75, 3.05) is 13.2 Å². The third-order valence-electron chi connectivity index (χ3n) is 5.32. The van der Waals surface area contributed by atoms with Crippen LogP contribution in [0, 0.1) is 0 Å². The van der Waals surface area contributed by atoms with Gasteiger partial charge in [-0.15, -0.1) is 0 Å². The molecule has 1 N–H and O–H groups in total. The molecule has 0 radical (unpaired) electrons. The molecular formula is C24H41NO8S-2. The lowest BCUT2D eigenvalue weighted by Crippen LogP contribution is -2.42. The van der Waals surface area contributed by atoms with E-state index in [4.69, 9.17) is 0 Å². The molecule has 0 heterocycles. The lowest BCUT2D eigenvalue weighted by atomic mass is 10.1. The highest BCUT2D eigenvalue weighted by molar-refractivity contribution is 7.87. The highest BCUT2D eigenvalue weighted by atomic mass is 32.2. The van der Waals surface area contributed by atoms with Crippen LogP contribution in [0.1, 0.15) is 103 Å². The molecule has 198 valence electrons. The van der Waals surface area contributed by atoms with E-state index < -0.39 is 33.7 Å². The number of ether oxygens (including phenoxy) is 1. The summed E-state index contributed by atoms with van der Waals surface area (Å²) < 4.78 is 36.9. The maximum Gasteiger partial charge on any atom is 0.307 e. The van der Waals surface area contributed by atoms with Crippen LogP contribution in [0.3, 0.4) is 0 Å². The number of carbonyl (C=O) groups excluding carboxylic acids is 3. The van der Waals surface area contributed by atoms with Crippen LogP contribution < -0.4 is 10.4 Å². The first kappa shape index (κ1) is 32.1. The summed E-state index contributed by atoms with van der Waals surface area (Å²) in [6.07, 6.45) is 19.0. The SMILES string of the molecule is CCCCCCCCC=CCCCCCCCC(=O)NCCOC(=O)CC(C(=O)[O-])S(=O)(=O)[O-]. The molecule has 0 saturated heterocycles. The Labute approximate surface area is 204 Å². The molecule has 34 heavy (non-hydrogen) atoms. The van der Waals surface area contributed by atoms with Crippen LogP contribution in [0.25, 0.3) is 0 Å². The van der Waals surface area contributed by atoms with E-state index in [1.165, 1.54) is 44.9 Å². The maximum atomic E-state index is 11.8. The standard InChI is InChI=1S/C24H43NO8S/c1-2-3-4-5-6-7-8-9-10-11-12-13-14-15-16-17-22(26)25-18-19-33-23(27)20-21(24(28)29)34(30,31)32/h9-10,21H,2-8,11-20H2,1H3,(H,25,26)(H,28,29)(H,30,31,32)/p-2. The predicted molar refractivity (Wildman–Crippen MR) is 127 cm³/mol. The van der Waals surface area contributed by atoms with Crippen LogP contribution in [0.4, 0.5) is 0 Å². The van der Waals surface area contributed by atoms with E-state index in [2.05, 4.69) is 29.1 Å². The molecule has 0 aromatic heterocycles. The zero-order valence-electron chi connectivity index (χ0n) is 20.4. The van der Waals surface area contributed by atoms with E-state index >= 15 is 0 Å². The van der Waals surface area contributed by atoms with Crippen molar-refractivity contribution in [3.05, 3.63) is 12.2 Å². The fourth-order valence-corrected chi connectivity index (χ4v) is 3.89. The van der Waals surface area contributed by atoms with E-state index in [0.717, 1.165) is 38.5 Å². The molecule has 0 aromatic rings. The van der Waals surface area contributed by atoms with Crippen LogP contribution >= 0.6 is 0 Å². The number of amides is 1. The molecule has 1 amide bonds. The Morgan fingerprint density at radius 3 is 1.94 bits per heavy atom. The van der Waals surface area contributed by atoms with E-state index in [0.29, 0.717) is 6.42 Å². The van der Waals surface area contributed by atoms with Gasteiger partial charge in [-0.1, -0.05) is 70.4 Å². The summed E-state index contributed by atoms with van der Waals surface area (Å²) in [7, 11) is -5.22. The van der Waals surface area contributed by atoms with Gasteiger partial charge in [0.05, 0.1) is 24.2 Å². The Morgan fingerprint density at radius 2 is 1.41 bits per heavy atom. The van der Waals surface area contributed by atoms with Crippen molar-refractivity contribution in [2.45, 2.75) is 108 Å². The molecule has 9 nitrogen and oxygen atoms in total. The molecule has 0 saturated carbocycles. The van der Waals surface area contributed by atoms with Gasteiger partial charge in [0.25, 0.3) is 0 Å². The quantitative estimate of drug-likeness (QED) is 0.102. The Hall–Kier alpha value is -1.94. The first-order valence-corrected chi connectivity index (χ1v) is 13.9. The van der Waals surface area contributed by atoms with Crippen LogP contribution in [-0.2, 0) is 29.2 Å². The van der Waals surface area contributed by atoms with E-state index in [1.807, 2.05) is 0 Å². The summed E-state index contributed by atoms with van der Waals surface area (Å²) in [4.78, 5) is 33.8. The minimum Gasteiger partial charge on any atom is -0.747 e. The molecule has 0 aliphatic carbocycles. The Morgan fingerprint density at radius 1 is 0.882 bits per heavy atom. The number of rotatable bonds is 22. The maximum absolute atomic E-state index is 11.8. The number of nitrogens with one attached hydrogen (secondary N) is 1. The summed E-state index contributed by atoms with van der Waals surface area (Å²) in [5.41, 5.74) is 0. The van der Waals surface area contributed by atoms with Gasteiger partial charge in [0, 0.05) is 6.42 Å². The molecule has 1 atom stereocenters. The number of hydrogen-bond acceptors (Lipinski definition) is 8. The van der Waals surface area contributed by atoms with Crippen molar-refractivity contribution in [2.24, 2.45) is 0 Å². The van der Waals surface area contributed by atoms with Crippen molar-refractivity contribution in [1.29, 1.82) is 0 Å². The van der Waals surface area contributed by atoms with Crippen molar-refractivity contribution in [3.63, 3.8) is 0 Å². The minimum absolute atomic E-state index is 0.00968. The molecule has 0 spiro atoms. The summed E-state index contributed by atoms with van der Waals surface area (Å²) in [5, 5.41) is 10.7. The molecule has 10 heteroatoms. The van der Waals surface area contributed by atoms with Crippen molar-refractivity contribution in [1.82, 2.24) is 5.32 Å². The van der Waals surface area contributed by atoms with Crippen LogP contribution in [0.5, 0.6) is 0 Å². The lowest BCUT2D eigenvalue weighted by Gasteiger charge is -2.20. The number of allylic oxidation sites excluding steroid dienone is 2. The molecule has 0 aromatic carbocycles. The summed E-state index contributed by atoms with van der Waals surface area (Å²) in [6, 6.07) is 0. The Balaban J connectivity index is 3.59. The first-order chi connectivity index (χ1) is 16.2. The van der Waals surface area contributed by atoms with Gasteiger partial charge in [-0.3, -0.25) is 9.59 Å². The largest absolute Gasteiger partial charge is 0.747 e. The van der Waals surface area contributed by atoms with Crippen molar-refractivity contribution >= 4 is 28.0 Å². The zero-order valence-corrected chi connectivity index (χ0v) is 21.2. The van der Waals surface area contributed by atoms with Crippen molar-refractivity contribution in [3.8, 4) is 0 Å². The summed E-state index contributed by atoms with van der Waals surface area (Å²) in [6.45, 7) is 1.98. The van der Waals surface area contributed by atoms with Gasteiger partial charge >= 0.3 is 5.97 Å². The van der Waals surface area contributed by atoms with Gasteiger partial charge in [0.2, 0.25) is 5.91 Å². The first-order valence-electron chi connectivity index (χ1n) is 12.4. The molecule has 1 unspecified atom stereocenters. The van der Waals surface area contributed by atoms with E-state index in [9.17, 15) is 32.5 Å². The van der Waals surface area contributed by atoms with Crippen LogP contribution in [0.15, 0.2) is 12.2 Å². The van der Waals surface area contributed by atoms with Crippen molar-refractivity contribution < 1.29 is 37.2 Å². The summed E-state index contributed by atoms with van der Waals surface area (Å²) in [5.74, 6) is -3.51. The fourth-order valence-electron chi connectivity index (χ4n) is 3.31. The minimum atomic E-state index is -5.22. The van der Waals surface area contributed by atoms with E-state index in [1.54, 1.807) is 0 Å². The number of carboxylic acid groups (broad SMARTS) is 1. The van der Waals surface area contributed by atoms with Gasteiger partial charge in [-0.25, -0.2) is 8.42 Å². The number of unbranched alkanes of at least 4 members (excludes halogenated alkanes) is 11. The lowest BCUT2D eigenvalue weighted by molar-refractivity contribution is -0.305. The number of esters is 1. The van der Waals surface area contributed by atoms with Gasteiger partial charge in [-0.2, -0.15) is 0 Å². The highest BCUT2D eigenvalue weighted by Crippen LogP contribution is 2.10. The third kappa shape index (κ3) is 19.5. The van der Waals surface area contributed by atoms with Crippen LogP contribution in [0.2, 0.25) is 0 Å². The molecule has 0 bridgehead atoms. The number of hydrogen-bond donors (Lipinski definition) is 1. The van der Waals surface area contributed by atoms with E-state index in [-0.39, 0.29) is 19.1 Å². The van der Waals surface area contributed by atoms with Gasteiger partial charge in [-0.05, 0) is 32.1 Å². The average molecular weight is 504 g/mol. The molecule has 0 aliphatic heterocycles. The zero-order chi connectivity index (χ0) is 25.7. The van der Waals surface area contributed by atoms with Gasteiger partial charge < -0.3 is 24.5 Å². The predicted octanol–water partition coefficient (Wildman–Crippen LogP) is 2.74. The second-order valence-corrected chi connectivity index (χ2v) is 9.96. The second-order valence-electron chi connectivity index (χ2n) is 8.41. The molecule has 0 rings (SSSR count). The normalized spacial score (nSPS) is 12.5. The average Bonchev–Trinajstić information content (AvgIpc) is 2.76. The monoisotopic (exact) mass is 503 g/mol. The number of carbonyl (C=O) groups is 3. The fraction of sp³-hybridized carbons (Fsp3) is 0.792. The Kier molecular flexibility index (Phi) is 19.3. The third-order valence-corrected chi connectivity index (χ3v) is 6.37. The molecule has 0 aliphatic rings. The topological polar surface area (TPSA) is 153 Å². The smallest absolute Gasteiger partial charge is 0.307 e. The second kappa shape index (κ2) is 20.4. The van der Waals surface area contributed by atoms with Gasteiger partial charge in [0.1, 0.15) is 16.7 Å².